The van der Waals surface area contributed by atoms with E-state index in [0.717, 1.165) is 18.5 Å². The summed E-state index contributed by atoms with van der Waals surface area (Å²) in [7, 11) is 0. The summed E-state index contributed by atoms with van der Waals surface area (Å²) in [6.45, 7) is -0.122. The molecule has 1 aromatic carbocycles. The second-order valence-electron chi connectivity index (χ2n) is 3.72. The Bertz CT molecular complexity index is 614. The molecule has 1 aromatic heterocycles. The fraction of sp³-hybridized carbons (Fsp3) is 0.182. The highest BCUT2D eigenvalue weighted by molar-refractivity contribution is 9.10. The van der Waals surface area contributed by atoms with Crippen molar-refractivity contribution < 1.29 is 22.5 Å². The first-order chi connectivity index (χ1) is 9.38. The van der Waals surface area contributed by atoms with Gasteiger partial charge in [0, 0.05) is 4.47 Å². The summed E-state index contributed by atoms with van der Waals surface area (Å²) in [5.74, 6) is -0.696. The summed E-state index contributed by atoms with van der Waals surface area (Å²) < 4.78 is 43.3. The maximum atomic E-state index is 12.9. The summed E-state index contributed by atoms with van der Waals surface area (Å²) in [6, 6.07) is 3.31. The number of nitrogens with zero attached hydrogens (tertiary/aromatic N) is 2. The van der Waals surface area contributed by atoms with Crippen LogP contribution in [0, 0.1) is 0 Å². The zero-order chi connectivity index (χ0) is 14.8. The van der Waals surface area contributed by atoms with Gasteiger partial charge < -0.3 is 9.84 Å². The third kappa shape index (κ3) is 3.35. The van der Waals surface area contributed by atoms with Crippen LogP contribution in [0.5, 0.6) is 0 Å². The smallest absolute Gasteiger partial charge is 0.345 e. The fourth-order valence-corrected chi connectivity index (χ4v) is 1.83. The van der Waals surface area contributed by atoms with Crippen LogP contribution in [0.25, 0.3) is 0 Å². The number of hydrogen-bond acceptors (Lipinski definition) is 4. The molecule has 0 atom stereocenters. The average Bonchev–Trinajstić information content (AvgIpc) is 2.88. The molecule has 0 saturated heterocycles. The predicted octanol–water partition coefficient (Wildman–Crippen LogP) is 2.78. The van der Waals surface area contributed by atoms with Crippen LogP contribution in [0.4, 0.5) is 13.2 Å². The quantitative estimate of drug-likeness (QED) is 0.925. The van der Waals surface area contributed by atoms with Gasteiger partial charge in [-0.1, -0.05) is 21.1 Å². The van der Waals surface area contributed by atoms with Crippen molar-refractivity contribution in [1.82, 2.24) is 15.5 Å². The molecule has 1 N–H and O–H groups in total. The van der Waals surface area contributed by atoms with Crippen molar-refractivity contribution in [3.05, 3.63) is 46.0 Å². The molecular formula is C11H7BrF3N3O2. The van der Waals surface area contributed by atoms with Crippen LogP contribution >= 0.6 is 15.9 Å². The Kier molecular flexibility index (Phi) is 4.07. The molecule has 5 nitrogen and oxygen atoms in total. The van der Waals surface area contributed by atoms with Gasteiger partial charge in [-0.3, -0.25) is 4.79 Å². The van der Waals surface area contributed by atoms with E-state index in [1.165, 1.54) is 6.07 Å². The van der Waals surface area contributed by atoms with Crippen LogP contribution in [0.2, 0.25) is 0 Å². The summed E-state index contributed by atoms with van der Waals surface area (Å²) in [6.07, 6.45) is -3.56. The number of hydrogen-bond donors (Lipinski definition) is 1. The second-order valence-corrected chi connectivity index (χ2v) is 4.63. The normalized spacial score (nSPS) is 11.4. The highest BCUT2D eigenvalue weighted by atomic mass is 79.9. The Morgan fingerprint density at radius 1 is 1.40 bits per heavy atom. The molecule has 0 bridgehead atoms. The second kappa shape index (κ2) is 5.61. The summed E-state index contributed by atoms with van der Waals surface area (Å²) >= 11 is 2.94. The zero-order valence-corrected chi connectivity index (χ0v) is 11.3. The van der Waals surface area contributed by atoms with Crippen LogP contribution in [0.1, 0.15) is 21.7 Å². The van der Waals surface area contributed by atoms with E-state index in [1.54, 1.807) is 0 Å². The lowest BCUT2D eigenvalue weighted by Crippen LogP contribution is -2.26. The van der Waals surface area contributed by atoms with E-state index in [0.29, 0.717) is 0 Å². The lowest BCUT2D eigenvalue weighted by molar-refractivity contribution is -0.138. The van der Waals surface area contributed by atoms with Gasteiger partial charge in [-0.2, -0.15) is 18.2 Å². The number of carbonyl (C=O) groups is 1. The molecule has 0 fully saturated rings. The molecule has 1 amide bonds. The van der Waals surface area contributed by atoms with Crippen molar-refractivity contribution in [2.24, 2.45) is 0 Å². The minimum atomic E-state index is -4.62. The third-order valence-electron chi connectivity index (χ3n) is 2.35. The molecule has 0 saturated carbocycles. The SMILES string of the molecule is O=C(NCc1ncon1)c1ccc(Br)cc1C(F)(F)F. The molecule has 0 aliphatic heterocycles. The molecule has 0 radical (unpaired) electrons. The van der Waals surface area contributed by atoms with Gasteiger partial charge in [0.15, 0.2) is 5.82 Å². The topological polar surface area (TPSA) is 68.0 Å². The van der Waals surface area contributed by atoms with Crippen molar-refractivity contribution >= 4 is 21.8 Å². The fourth-order valence-electron chi connectivity index (χ4n) is 1.47. The van der Waals surface area contributed by atoms with Gasteiger partial charge >= 0.3 is 6.18 Å². The lowest BCUT2D eigenvalue weighted by atomic mass is 10.1. The van der Waals surface area contributed by atoms with Gasteiger partial charge in [0.1, 0.15) is 0 Å². The average molecular weight is 350 g/mol. The predicted molar refractivity (Wildman–Crippen MR) is 64.6 cm³/mol. The molecule has 2 aromatic rings. The van der Waals surface area contributed by atoms with Gasteiger partial charge in [-0.05, 0) is 18.2 Å². The summed E-state index contributed by atoms with van der Waals surface area (Å²) in [5.41, 5.74) is -1.48. The van der Waals surface area contributed by atoms with E-state index < -0.39 is 23.2 Å². The number of amides is 1. The Balaban J connectivity index is 2.21. The highest BCUT2D eigenvalue weighted by Gasteiger charge is 2.35. The van der Waals surface area contributed by atoms with Crippen molar-refractivity contribution in [2.45, 2.75) is 12.7 Å². The summed E-state index contributed by atoms with van der Waals surface area (Å²) in [4.78, 5) is 15.5. The molecule has 0 spiro atoms. The number of nitrogens with one attached hydrogen (secondary N) is 1. The first-order valence-corrected chi connectivity index (χ1v) is 6.07. The highest BCUT2D eigenvalue weighted by Crippen LogP contribution is 2.33. The van der Waals surface area contributed by atoms with E-state index in [9.17, 15) is 18.0 Å². The first-order valence-electron chi connectivity index (χ1n) is 5.28. The number of aromatic nitrogens is 2. The largest absolute Gasteiger partial charge is 0.417 e. The van der Waals surface area contributed by atoms with Gasteiger partial charge in [-0.25, -0.2) is 0 Å². The van der Waals surface area contributed by atoms with Crippen molar-refractivity contribution in [3.8, 4) is 0 Å². The number of carbonyl (C=O) groups excluding carboxylic acids is 1. The van der Waals surface area contributed by atoms with E-state index >= 15 is 0 Å². The molecule has 2 rings (SSSR count). The first kappa shape index (κ1) is 14.5. The van der Waals surface area contributed by atoms with Crippen molar-refractivity contribution in [2.75, 3.05) is 0 Å². The number of alkyl halides is 3. The Morgan fingerprint density at radius 3 is 2.75 bits per heavy atom. The Labute approximate surface area is 119 Å². The van der Waals surface area contributed by atoms with Crippen LogP contribution in [0.15, 0.2) is 33.6 Å². The van der Waals surface area contributed by atoms with Crippen LogP contribution in [0.3, 0.4) is 0 Å². The molecular weight excluding hydrogens is 343 g/mol. The molecule has 106 valence electrons. The number of rotatable bonds is 3. The van der Waals surface area contributed by atoms with Gasteiger partial charge in [-0.15, -0.1) is 0 Å². The van der Waals surface area contributed by atoms with E-state index in [4.69, 9.17) is 0 Å². The van der Waals surface area contributed by atoms with Crippen LogP contribution in [-0.2, 0) is 12.7 Å². The molecule has 20 heavy (non-hydrogen) atoms. The number of halogens is 4. The molecule has 0 aliphatic carbocycles. The standard InChI is InChI=1S/C11H7BrF3N3O2/c12-6-1-2-7(8(3-6)11(13,14)15)10(19)16-4-9-17-5-20-18-9/h1-3,5H,4H2,(H,16,19). The maximum absolute atomic E-state index is 12.9. The van der Waals surface area contributed by atoms with Gasteiger partial charge in [0.2, 0.25) is 6.39 Å². The third-order valence-corrected chi connectivity index (χ3v) is 2.84. The van der Waals surface area contributed by atoms with Crippen LogP contribution in [-0.4, -0.2) is 16.0 Å². The molecule has 0 unspecified atom stereocenters. The number of benzene rings is 1. The minimum absolute atomic E-state index is 0.122. The Morgan fingerprint density at radius 2 is 2.15 bits per heavy atom. The Hall–Kier alpha value is -1.90. The van der Waals surface area contributed by atoms with Gasteiger partial charge in [0.25, 0.3) is 5.91 Å². The van der Waals surface area contributed by atoms with E-state index in [-0.39, 0.29) is 16.8 Å². The monoisotopic (exact) mass is 349 g/mol. The van der Waals surface area contributed by atoms with Crippen molar-refractivity contribution in [1.29, 1.82) is 0 Å². The van der Waals surface area contributed by atoms with E-state index in [2.05, 4.69) is 35.9 Å². The minimum Gasteiger partial charge on any atom is -0.345 e. The van der Waals surface area contributed by atoms with Crippen molar-refractivity contribution in [3.63, 3.8) is 0 Å². The lowest BCUT2D eigenvalue weighted by Gasteiger charge is -2.12. The molecule has 9 heteroatoms. The van der Waals surface area contributed by atoms with E-state index in [1.807, 2.05) is 0 Å². The van der Waals surface area contributed by atoms with Gasteiger partial charge in [0.05, 0.1) is 17.7 Å². The molecule has 0 aliphatic rings. The van der Waals surface area contributed by atoms with Crippen LogP contribution < -0.4 is 5.32 Å². The maximum Gasteiger partial charge on any atom is 0.417 e. The zero-order valence-electron chi connectivity index (χ0n) is 9.74. The molecule has 1 heterocycles. The summed E-state index contributed by atoms with van der Waals surface area (Å²) in [5, 5.41) is 5.73.